The van der Waals surface area contributed by atoms with E-state index in [2.05, 4.69) is 5.32 Å². The maximum Gasteiger partial charge on any atom is 0.136 e. The van der Waals surface area contributed by atoms with Crippen LogP contribution in [0.4, 0.5) is 4.39 Å². The fourth-order valence-corrected chi connectivity index (χ4v) is 1.77. The minimum Gasteiger partial charge on any atom is -0.309 e. The SMILES string of the molecule is Cl.O=C1CCNC(c2ccccc2F)C1. The third kappa shape index (κ3) is 2.76. The molecule has 2 nitrogen and oxygen atoms in total. The molecule has 0 bridgehead atoms. The van der Waals surface area contributed by atoms with E-state index in [0.29, 0.717) is 24.9 Å². The van der Waals surface area contributed by atoms with Crippen molar-refractivity contribution in [1.29, 1.82) is 0 Å². The number of Topliss-reactive ketones (excluding diaryl/α,β-unsaturated/α-hetero) is 1. The van der Waals surface area contributed by atoms with Gasteiger partial charge < -0.3 is 5.32 Å². The van der Waals surface area contributed by atoms with Crippen molar-refractivity contribution in [3.8, 4) is 0 Å². The second-order valence-corrected chi connectivity index (χ2v) is 3.52. The molecular weight excluding hydrogens is 217 g/mol. The summed E-state index contributed by atoms with van der Waals surface area (Å²) >= 11 is 0. The van der Waals surface area contributed by atoms with Crippen molar-refractivity contribution in [3.05, 3.63) is 35.6 Å². The Hall–Kier alpha value is -0.930. The molecule has 1 atom stereocenters. The maximum atomic E-state index is 13.3. The first-order valence-electron chi connectivity index (χ1n) is 4.77. The summed E-state index contributed by atoms with van der Waals surface area (Å²) in [4.78, 5) is 11.2. The fraction of sp³-hybridized carbons (Fsp3) is 0.364. The summed E-state index contributed by atoms with van der Waals surface area (Å²) in [6, 6.07) is 6.46. The zero-order valence-corrected chi connectivity index (χ0v) is 9.02. The zero-order valence-electron chi connectivity index (χ0n) is 8.20. The first kappa shape index (κ1) is 12.1. The highest BCUT2D eigenvalue weighted by molar-refractivity contribution is 5.85. The van der Waals surface area contributed by atoms with Gasteiger partial charge in [-0.2, -0.15) is 0 Å². The molecule has 15 heavy (non-hydrogen) atoms. The van der Waals surface area contributed by atoms with Crippen LogP contribution in [0.2, 0.25) is 0 Å². The Bertz CT molecular complexity index is 356. The fourth-order valence-electron chi connectivity index (χ4n) is 1.77. The monoisotopic (exact) mass is 229 g/mol. The minimum atomic E-state index is -0.236. The average molecular weight is 230 g/mol. The van der Waals surface area contributed by atoms with Gasteiger partial charge in [-0.3, -0.25) is 4.79 Å². The topological polar surface area (TPSA) is 29.1 Å². The van der Waals surface area contributed by atoms with Crippen LogP contribution in [-0.4, -0.2) is 12.3 Å². The summed E-state index contributed by atoms with van der Waals surface area (Å²) in [5, 5.41) is 3.15. The van der Waals surface area contributed by atoms with Crippen LogP contribution in [0.3, 0.4) is 0 Å². The quantitative estimate of drug-likeness (QED) is 0.800. The number of benzene rings is 1. The van der Waals surface area contributed by atoms with Crippen molar-refractivity contribution in [1.82, 2.24) is 5.32 Å². The van der Waals surface area contributed by atoms with E-state index in [1.54, 1.807) is 18.2 Å². The van der Waals surface area contributed by atoms with Gasteiger partial charge in [0, 0.05) is 31.0 Å². The van der Waals surface area contributed by atoms with Crippen molar-refractivity contribution < 1.29 is 9.18 Å². The Balaban J connectivity index is 0.00000112. The number of carbonyl (C=O) groups excluding carboxylic acids is 1. The summed E-state index contributed by atoms with van der Waals surface area (Å²) in [5.41, 5.74) is 0.598. The number of ketones is 1. The molecule has 1 aromatic carbocycles. The number of nitrogens with one attached hydrogen (secondary N) is 1. The van der Waals surface area contributed by atoms with E-state index in [9.17, 15) is 9.18 Å². The van der Waals surface area contributed by atoms with Gasteiger partial charge in [0.1, 0.15) is 11.6 Å². The van der Waals surface area contributed by atoms with Crippen LogP contribution >= 0.6 is 12.4 Å². The highest BCUT2D eigenvalue weighted by Gasteiger charge is 2.22. The number of piperidine rings is 1. The number of rotatable bonds is 1. The summed E-state index contributed by atoms with van der Waals surface area (Å²) in [5.74, 6) is -0.0308. The Kier molecular flexibility index (Phi) is 4.24. The third-order valence-electron chi connectivity index (χ3n) is 2.51. The molecule has 1 unspecified atom stereocenters. The van der Waals surface area contributed by atoms with Crippen molar-refractivity contribution in [2.24, 2.45) is 0 Å². The predicted octanol–water partition coefficient (Wildman–Crippen LogP) is 2.24. The van der Waals surface area contributed by atoms with Gasteiger partial charge in [-0.05, 0) is 6.07 Å². The number of hydrogen-bond acceptors (Lipinski definition) is 2. The summed E-state index contributed by atoms with van der Waals surface area (Å²) in [6.45, 7) is 0.651. The molecule has 1 N–H and O–H groups in total. The van der Waals surface area contributed by atoms with Crippen LogP contribution in [0.15, 0.2) is 24.3 Å². The van der Waals surface area contributed by atoms with E-state index >= 15 is 0 Å². The second-order valence-electron chi connectivity index (χ2n) is 3.52. The highest BCUT2D eigenvalue weighted by Crippen LogP contribution is 2.22. The van der Waals surface area contributed by atoms with E-state index in [1.165, 1.54) is 6.07 Å². The third-order valence-corrected chi connectivity index (χ3v) is 2.51. The average Bonchev–Trinajstić information content (AvgIpc) is 2.18. The molecule has 1 heterocycles. The van der Waals surface area contributed by atoms with Crippen molar-refractivity contribution >= 4 is 18.2 Å². The molecule has 0 radical (unpaired) electrons. The van der Waals surface area contributed by atoms with Crippen LogP contribution in [0.1, 0.15) is 24.4 Å². The van der Waals surface area contributed by atoms with E-state index < -0.39 is 0 Å². The number of halogens is 2. The van der Waals surface area contributed by atoms with E-state index in [1.807, 2.05) is 0 Å². The van der Waals surface area contributed by atoms with Crippen LogP contribution in [0.25, 0.3) is 0 Å². The molecule has 1 aliphatic rings. The van der Waals surface area contributed by atoms with Gasteiger partial charge in [0.15, 0.2) is 0 Å². The van der Waals surface area contributed by atoms with E-state index in [0.717, 1.165) is 0 Å². The Morgan fingerprint density at radius 3 is 2.73 bits per heavy atom. The van der Waals surface area contributed by atoms with E-state index in [-0.39, 0.29) is 30.0 Å². The Labute approximate surface area is 94.3 Å². The molecule has 0 amide bonds. The molecule has 1 saturated heterocycles. The maximum absolute atomic E-state index is 13.3. The molecule has 2 rings (SSSR count). The van der Waals surface area contributed by atoms with Gasteiger partial charge in [-0.25, -0.2) is 4.39 Å². The number of hydrogen-bond donors (Lipinski definition) is 1. The molecule has 0 spiro atoms. The van der Waals surface area contributed by atoms with Crippen LogP contribution < -0.4 is 5.32 Å². The minimum absolute atomic E-state index is 0. The molecule has 0 aliphatic carbocycles. The smallest absolute Gasteiger partial charge is 0.136 e. The second kappa shape index (κ2) is 5.24. The summed E-state index contributed by atoms with van der Waals surface area (Å²) < 4.78 is 13.3. The Morgan fingerprint density at radius 1 is 1.33 bits per heavy atom. The van der Waals surface area contributed by atoms with Crippen LogP contribution in [0.5, 0.6) is 0 Å². The molecule has 82 valence electrons. The van der Waals surface area contributed by atoms with Crippen LogP contribution in [0, 0.1) is 5.82 Å². The normalized spacial score (nSPS) is 20.9. The standard InChI is InChI=1S/C11H12FNO.ClH/c12-10-4-2-1-3-9(10)11-7-8(14)5-6-13-11;/h1-4,11,13H,5-7H2;1H. The lowest BCUT2D eigenvalue weighted by Gasteiger charge is -2.23. The van der Waals surface area contributed by atoms with Crippen LogP contribution in [-0.2, 0) is 4.79 Å². The molecule has 1 aromatic rings. The first-order valence-corrected chi connectivity index (χ1v) is 4.77. The predicted molar refractivity (Wildman–Crippen MR) is 58.6 cm³/mol. The molecular formula is C11H13ClFNO. The molecule has 0 saturated carbocycles. The van der Waals surface area contributed by atoms with Gasteiger partial charge in [0.25, 0.3) is 0 Å². The van der Waals surface area contributed by atoms with Gasteiger partial charge in [-0.1, -0.05) is 18.2 Å². The molecule has 1 aliphatic heterocycles. The molecule has 4 heteroatoms. The zero-order chi connectivity index (χ0) is 9.97. The van der Waals surface area contributed by atoms with Crippen molar-refractivity contribution in [2.75, 3.05) is 6.54 Å². The lowest BCUT2D eigenvalue weighted by Crippen LogP contribution is -2.32. The lowest BCUT2D eigenvalue weighted by atomic mass is 9.96. The molecule has 0 aromatic heterocycles. The molecule has 1 fully saturated rings. The Morgan fingerprint density at radius 2 is 2.07 bits per heavy atom. The van der Waals surface area contributed by atoms with E-state index in [4.69, 9.17) is 0 Å². The number of carbonyl (C=O) groups is 1. The first-order chi connectivity index (χ1) is 6.77. The highest BCUT2D eigenvalue weighted by atomic mass is 35.5. The van der Waals surface area contributed by atoms with Gasteiger partial charge in [0.2, 0.25) is 0 Å². The van der Waals surface area contributed by atoms with Gasteiger partial charge in [-0.15, -0.1) is 12.4 Å². The largest absolute Gasteiger partial charge is 0.309 e. The van der Waals surface area contributed by atoms with Crippen molar-refractivity contribution in [2.45, 2.75) is 18.9 Å². The lowest BCUT2D eigenvalue weighted by molar-refractivity contribution is -0.120. The van der Waals surface area contributed by atoms with Gasteiger partial charge in [0.05, 0.1) is 0 Å². The van der Waals surface area contributed by atoms with Crippen molar-refractivity contribution in [3.63, 3.8) is 0 Å². The summed E-state index contributed by atoms with van der Waals surface area (Å²) in [6.07, 6.45) is 0.964. The van der Waals surface area contributed by atoms with Gasteiger partial charge >= 0.3 is 0 Å². The summed E-state index contributed by atoms with van der Waals surface area (Å²) in [7, 11) is 0.